The highest BCUT2D eigenvalue weighted by molar-refractivity contribution is 8.02. The third kappa shape index (κ3) is 6.25. The summed E-state index contributed by atoms with van der Waals surface area (Å²) in [6, 6.07) is 19.3. The fraction of sp³-hybridized carbons (Fsp3) is 0.214. The summed E-state index contributed by atoms with van der Waals surface area (Å²) < 4.78 is 0. The van der Waals surface area contributed by atoms with Crippen molar-refractivity contribution >= 4 is 57.7 Å². The zero-order chi connectivity index (χ0) is 25.7. The molecule has 0 spiro atoms. The standard InChI is InChI=1S/C28H28N4O2S2/c1-17-9-7-13-21(19(17)3)29-25(33)15-35-27-28(32-24-12-6-5-11-23(24)31-27)36-16-26(34)30-22-14-8-10-18(2)20(22)4/h5-14H,15-16H2,1-4H3,(H,29,33)(H,30,34). The van der Waals surface area contributed by atoms with Crippen LogP contribution in [-0.4, -0.2) is 33.3 Å². The van der Waals surface area contributed by atoms with Gasteiger partial charge in [0.25, 0.3) is 0 Å². The molecular formula is C28H28N4O2S2. The lowest BCUT2D eigenvalue weighted by atomic mass is 10.1. The lowest BCUT2D eigenvalue weighted by molar-refractivity contribution is -0.114. The van der Waals surface area contributed by atoms with Crippen LogP contribution in [0.25, 0.3) is 11.0 Å². The third-order valence-corrected chi connectivity index (χ3v) is 8.00. The number of carbonyl (C=O) groups is 2. The van der Waals surface area contributed by atoms with Crippen LogP contribution < -0.4 is 10.6 Å². The van der Waals surface area contributed by atoms with Crippen LogP contribution in [-0.2, 0) is 9.59 Å². The lowest BCUT2D eigenvalue weighted by Gasteiger charge is -2.12. The summed E-state index contributed by atoms with van der Waals surface area (Å²) in [7, 11) is 0. The number of nitrogens with zero attached hydrogens (tertiary/aromatic N) is 2. The zero-order valence-electron chi connectivity index (χ0n) is 20.7. The average Bonchev–Trinajstić information content (AvgIpc) is 2.86. The predicted octanol–water partition coefficient (Wildman–Crippen LogP) is 6.33. The first-order valence-corrected chi connectivity index (χ1v) is 13.5. The molecule has 0 aliphatic carbocycles. The molecule has 1 aromatic heterocycles. The van der Waals surface area contributed by atoms with E-state index in [0.717, 1.165) is 44.7 Å². The molecule has 0 atom stereocenters. The second-order valence-electron chi connectivity index (χ2n) is 8.49. The van der Waals surface area contributed by atoms with Crippen molar-refractivity contribution in [1.29, 1.82) is 0 Å². The monoisotopic (exact) mass is 516 g/mol. The minimum Gasteiger partial charge on any atom is -0.325 e. The number of benzene rings is 3. The van der Waals surface area contributed by atoms with Gasteiger partial charge in [-0.25, -0.2) is 9.97 Å². The third-order valence-electron chi connectivity index (χ3n) is 5.95. The molecule has 184 valence electrons. The van der Waals surface area contributed by atoms with Gasteiger partial charge in [-0.3, -0.25) is 9.59 Å². The van der Waals surface area contributed by atoms with Crippen LogP contribution in [0.1, 0.15) is 22.3 Å². The van der Waals surface area contributed by atoms with E-state index >= 15 is 0 Å². The second kappa shape index (κ2) is 11.6. The van der Waals surface area contributed by atoms with E-state index in [-0.39, 0.29) is 23.3 Å². The molecular weight excluding hydrogens is 488 g/mol. The fourth-order valence-corrected chi connectivity index (χ4v) is 5.27. The molecule has 1 heterocycles. The normalized spacial score (nSPS) is 10.9. The second-order valence-corrected chi connectivity index (χ2v) is 10.4. The molecule has 6 nitrogen and oxygen atoms in total. The molecule has 0 saturated carbocycles. The van der Waals surface area contributed by atoms with E-state index in [1.165, 1.54) is 23.5 Å². The van der Waals surface area contributed by atoms with Crippen LogP contribution in [0.2, 0.25) is 0 Å². The SMILES string of the molecule is Cc1cccc(NC(=O)CSc2nc3ccccc3nc2SCC(=O)Nc2cccc(C)c2C)c1C. The van der Waals surface area contributed by atoms with Crippen molar-refractivity contribution in [3.63, 3.8) is 0 Å². The molecule has 0 saturated heterocycles. The number of aryl methyl sites for hydroxylation is 2. The van der Waals surface area contributed by atoms with Crippen molar-refractivity contribution in [2.75, 3.05) is 22.1 Å². The average molecular weight is 517 g/mol. The number of hydrogen-bond donors (Lipinski definition) is 2. The summed E-state index contributed by atoms with van der Waals surface area (Å²) in [5, 5.41) is 7.24. The highest BCUT2D eigenvalue weighted by Gasteiger charge is 2.15. The summed E-state index contributed by atoms with van der Waals surface area (Å²) in [6.45, 7) is 8.02. The van der Waals surface area contributed by atoms with Crippen molar-refractivity contribution in [1.82, 2.24) is 9.97 Å². The maximum atomic E-state index is 12.7. The number of para-hydroxylation sites is 2. The van der Waals surface area contributed by atoms with Gasteiger partial charge in [0, 0.05) is 11.4 Å². The van der Waals surface area contributed by atoms with Gasteiger partial charge in [0.2, 0.25) is 11.8 Å². The molecule has 0 aliphatic heterocycles. The van der Waals surface area contributed by atoms with Gasteiger partial charge in [0.05, 0.1) is 22.5 Å². The van der Waals surface area contributed by atoms with E-state index in [0.29, 0.717) is 10.1 Å². The van der Waals surface area contributed by atoms with Crippen LogP contribution in [0.4, 0.5) is 11.4 Å². The molecule has 4 rings (SSSR count). The van der Waals surface area contributed by atoms with E-state index in [4.69, 9.17) is 9.97 Å². The zero-order valence-corrected chi connectivity index (χ0v) is 22.3. The van der Waals surface area contributed by atoms with Crippen LogP contribution >= 0.6 is 23.5 Å². The van der Waals surface area contributed by atoms with Crippen molar-refractivity contribution in [2.24, 2.45) is 0 Å². The maximum absolute atomic E-state index is 12.7. The number of anilines is 2. The molecule has 0 aliphatic rings. The summed E-state index contributed by atoms with van der Waals surface area (Å²) in [6.07, 6.45) is 0. The molecule has 4 aromatic rings. The number of fused-ring (bicyclic) bond motifs is 1. The molecule has 36 heavy (non-hydrogen) atoms. The van der Waals surface area contributed by atoms with Gasteiger partial charge >= 0.3 is 0 Å². The quantitative estimate of drug-likeness (QED) is 0.267. The fourth-order valence-electron chi connectivity index (χ4n) is 3.57. The smallest absolute Gasteiger partial charge is 0.234 e. The van der Waals surface area contributed by atoms with Gasteiger partial charge in [0.1, 0.15) is 10.1 Å². The highest BCUT2D eigenvalue weighted by Crippen LogP contribution is 2.30. The van der Waals surface area contributed by atoms with E-state index in [1.807, 2.05) is 88.4 Å². The molecule has 0 fully saturated rings. The number of hydrogen-bond acceptors (Lipinski definition) is 6. The summed E-state index contributed by atoms with van der Waals surface area (Å²) in [5.41, 5.74) is 7.46. The Kier molecular flexibility index (Phi) is 8.28. The predicted molar refractivity (Wildman–Crippen MR) is 150 cm³/mol. The van der Waals surface area contributed by atoms with E-state index < -0.39 is 0 Å². The number of aromatic nitrogens is 2. The maximum Gasteiger partial charge on any atom is 0.234 e. The summed E-state index contributed by atoms with van der Waals surface area (Å²) in [4.78, 5) is 34.9. The van der Waals surface area contributed by atoms with Gasteiger partial charge in [-0.1, -0.05) is 59.9 Å². The van der Waals surface area contributed by atoms with Crippen LogP contribution in [0.15, 0.2) is 70.7 Å². The van der Waals surface area contributed by atoms with Crippen molar-refractivity contribution in [3.8, 4) is 0 Å². The van der Waals surface area contributed by atoms with Crippen molar-refractivity contribution < 1.29 is 9.59 Å². The number of carbonyl (C=O) groups excluding carboxylic acids is 2. The molecule has 0 unspecified atom stereocenters. The topological polar surface area (TPSA) is 84.0 Å². The Hall–Kier alpha value is -3.36. The molecule has 3 aromatic carbocycles. The molecule has 0 radical (unpaired) electrons. The largest absolute Gasteiger partial charge is 0.325 e. The van der Waals surface area contributed by atoms with Crippen LogP contribution in [0.5, 0.6) is 0 Å². The Morgan fingerprint density at radius 2 is 1.06 bits per heavy atom. The number of nitrogens with one attached hydrogen (secondary N) is 2. The Morgan fingerprint density at radius 1 is 0.639 bits per heavy atom. The first-order valence-electron chi connectivity index (χ1n) is 11.6. The number of thioether (sulfide) groups is 2. The molecule has 2 amide bonds. The Labute approximate surface area is 219 Å². The first kappa shape index (κ1) is 25.7. The van der Waals surface area contributed by atoms with E-state index in [9.17, 15) is 9.59 Å². The van der Waals surface area contributed by atoms with E-state index in [2.05, 4.69) is 10.6 Å². The minimum atomic E-state index is -0.118. The van der Waals surface area contributed by atoms with E-state index in [1.54, 1.807) is 0 Å². The highest BCUT2D eigenvalue weighted by atomic mass is 32.2. The lowest BCUT2D eigenvalue weighted by Crippen LogP contribution is -2.16. The molecule has 2 N–H and O–H groups in total. The van der Waals surface area contributed by atoms with Crippen molar-refractivity contribution in [2.45, 2.75) is 37.7 Å². The van der Waals surface area contributed by atoms with Crippen LogP contribution in [0.3, 0.4) is 0 Å². The summed E-state index contributed by atoms with van der Waals surface area (Å²) >= 11 is 2.64. The Morgan fingerprint density at radius 3 is 1.47 bits per heavy atom. The first-order chi connectivity index (χ1) is 17.3. The van der Waals surface area contributed by atoms with Crippen molar-refractivity contribution in [3.05, 3.63) is 82.9 Å². The van der Waals surface area contributed by atoms with Gasteiger partial charge in [-0.15, -0.1) is 0 Å². The summed E-state index contributed by atoms with van der Waals surface area (Å²) in [5.74, 6) is 0.130. The Bertz CT molecular complexity index is 1330. The van der Waals surface area contributed by atoms with Gasteiger partial charge in [-0.2, -0.15) is 0 Å². The van der Waals surface area contributed by atoms with Gasteiger partial charge in [0.15, 0.2) is 0 Å². The molecule has 0 bridgehead atoms. The molecule has 8 heteroatoms. The Balaban J connectivity index is 1.47. The van der Waals surface area contributed by atoms with Crippen LogP contribution in [0, 0.1) is 27.7 Å². The number of amides is 2. The van der Waals surface area contributed by atoms with Gasteiger partial charge < -0.3 is 10.6 Å². The minimum absolute atomic E-state index is 0.118. The van der Waals surface area contributed by atoms with Gasteiger partial charge in [-0.05, 0) is 74.2 Å². The number of rotatable bonds is 8.